The molecule has 1 heterocycles. The molecule has 2 rings (SSSR count). The topological polar surface area (TPSA) is 41.6 Å². The van der Waals surface area contributed by atoms with Gasteiger partial charge in [-0.3, -0.25) is 0 Å². The number of nitrogens with one attached hydrogen (secondary N) is 1. The first-order valence-corrected chi connectivity index (χ1v) is 5.53. The minimum atomic E-state index is -0.137. The third kappa shape index (κ3) is 2.87. The average Bonchev–Trinajstić information content (AvgIpc) is 2.33. The fraction of sp³-hybridized carbons (Fsp3) is 0.364. The number of hydrogen-bond donors (Lipinski definition) is 1. The smallest absolute Gasteiger partial charge is 0.323 e. The van der Waals surface area contributed by atoms with Crippen molar-refractivity contribution in [1.29, 1.82) is 0 Å². The number of halogens is 1. The average molecular weight is 241 g/mol. The first-order chi connectivity index (χ1) is 7.75. The molecule has 1 saturated heterocycles. The van der Waals surface area contributed by atoms with Crippen molar-refractivity contribution >= 4 is 23.3 Å². The number of ether oxygens (including phenoxy) is 1. The van der Waals surface area contributed by atoms with E-state index in [2.05, 4.69) is 5.32 Å². The number of urea groups is 1. The van der Waals surface area contributed by atoms with Crippen molar-refractivity contribution in [3.63, 3.8) is 0 Å². The van der Waals surface area contributed by atoms with Crippen LogP contribution in [0.3, 0.4) is 0 Å². The number of carbonyl (C=O) groups excluding carboxylic acids is 1. The van der Waals surface area contributed by atoms with E-state index >= 15 is 0 Å². The Hall–Kier alpha value is -1.26. The van der Waals surface area contributed by atoms with E-state index in [-0.39, 0.29) is 6.03 Å². The molecule has 86 valence electrons. The zero-order valence-corrected chi connectivity index (χ0v) is 9.54. The summed E-state index contributed by atoms with van der Waals surface area (Å²) in [6.45, 7) is 1.82. The van der Waals surface area contributed by atoms with Crippen LogP contribution in [0.4, 0.5) is 10.5 Å². The number of rotatable bonds is 1. The maximum atomic E-state index is 11.8. The summed E-state index contributed by atoms with van der Waals surface area (Å²) in [6, 6.07) is 6.88. The van der Waals surface area contributed by atoms with Gasteiger partial charge in [0.1, 0.15) is 6.73 Å². The zero-order valence-electron chi connectivity index (χ0n) is 8.78. The van der Waals surface area contributed by atoms with Gasteiger partial charge in [0, 0.05) is 17.3 Å². The summed E-state index contributed by atoms with van der Waals surface area (Å²) >= 11 is 5.75. The molecule has 1 aromatic rings. The summed E-state index contributed by atoms with van der Waals surface area (Å²) in [5.41, 5.74) is 0.736. The normalized spacial score (nSPS) is 15.9. The predicted molar refractivity (Wildman–Crippen MR) is 62.6 cm³/mol. The first-order valence-electron chi connectivity index (χ1n) is 5.15. The molecular weight excluding hydrogens is 228 g/mol. The van der Waals surface area contributed by atoms with E-state index in [1.165, 1.54) is 0 Å². The standard InChI is InChI=1S/C11H13ClN2O2/c12-9-2-4-10(5-3-9)13-11(15)14-6-1-7-16-8-14/h2-5H,1,6-8H2,(H,13,15). The monoisotopic (exact) mass is 240 g/mol. The van der Waals surface area contributed by atoms with Gasteiger partial charge in [0.15, 0.2) is 0 Å². The molecule has 5 heteroatoms. The lowest BCUT2D eigenvalue weighted by Gasteiger charge is -2.26. The van der Waals surface area contributed by atoms with Gasteiger partial charge in [-0.15, -0.1) is 0 Å². The number of nitrogens with zero attached hydrogens (tertiary/aromatic N) is 1. The Bertz CT molecular complexity index is 361. The van der Waals surface area contributed by atoms with E-state index in [0.717, 1.165) is 25.3 Å². The summed E-state index contributed by atoms with van der Waals surface area (Å²) in [7, 11) is 0. The highest BCUT2D eigenvalue weighted by atomic mass is 35.5. The van der Waals surface area contributed by atoms with Crippen LogP contribution < -0.4 is 5.32 Å². The van der Waals surface area contributed by atoms with Gasteiger partial charge >= 0.3 is 6.03 Å². The highest BCUT2D eigenvalue weighted by Crippen LogP contribution is 2.14. The van der Waals surface area contributed by atoms with E-state index < -0.39 is 0 Å². The van der Waals surface area contributed by atoms with Crippen LogP contribution in [0.2, 0.25) is 5.02 Å². The molecule has 1 N–H and O–H groups in total. The molecule has 0 saturated carbocycles. The second-order valence-corrected chi connectivity index (χ2v) is 4.03. The van der Waals surface area contributed by atoms with Crippen LogP contribution in [0, 0.1) is 0 Å². The van der Waals surface area contributed by atoms with Crippen molar-refractivity contribution in [3.8, 4) is 0 Å². The van der Waals surface area contributed by atoms with Crippen LogP contribution in [-0.4, -0.2) is 30.8 Å². The second-order valence-electron chi connectivity index (χ2n) is 3.59. The van der Waals surface area contributed by atoms with Crippen molar-refractivity contribution in [3.05, 3.63) is 29.3 Å². The third-order valence-corrected chi connectivity index (χ3v) is 2.60. The summed E-state index contributed by atoms with van der Waals surface area (Å²) < 4.78 is 5.20. The molecule has 16 heavy (non-hydrogen) atoms. The van der Waals surface area contributed by atoms with Crippen LogP contribution in [0.5, 0.6) is 0 Å². The lowest BCUT2D eigenvalue weighted by Crippen LogP contribution is -2.40. The Morgan fingerprint density at radius 3 is 2.75 bits per heavy atom. The molecule has 1 fully saturated rings. The van der Waals surface area contributed by atoms with Crippen LogP contribution in [0.25, 0.3) is 0 Å². The van der Waals surface area contributed by atoms with Gasteiger partial charge in [0.05, 0.1) is 6.61 Å². The lowest BCUT2D eigenvalue weighted by molar-refractivity contribution is 0.0122. The quantitative estimate of drug-likeness (QED) is 0.820. The Morgan fingerprint density at radius 1 is 1.38 bits per heavy atom. The summed E-state index contributed by atoms with van der Waals surface area (Å²) in [5.74, 6) is 0. The van der Waals surface area contributed by atoms with E-state index in [9.17, 15) is 4.79 Å². The van der Waals surface area contributed by atoms with Gasteiger partial charge in [-0.1, -0.05) is 11.6 Å². The molecular formula is C11H13ClN2O2. The predicted octanol–water partition coefficient (Wildman–Crippen LogP) is 2.55. The molecule has 0 radical (unpaired) electrons. The van der Waals surface area contributed by atoms with Crippen molar-refractivity contribution in [2.75, 3.05) is 25.2 Å². The van der Waals surface area contributed by atoms with Gasteiger partial charge < -0.3 is 15.0 Å². The molecule has 1 aromatic carbocycles. The van der Waals surface area contributed by atoms with Gasteiger partial charge in [0.25, 0.3) is 0 Å². The molecule has 0 atom stereocenters. The maximum Gasteiger partial charge on any atom is 0.323 e. The highest BCUT2D eigenvalue weighted by Gasteiger charge is 2.16. The van der Waals surface area contributed by atoms with Crippen molar-refractivity contribution in [2.45, 2.75) is 6.42 Å². The van der Waals surface area contributed by atoms with Crippen LogP contribution in [0.1, 0.15) is 6.42 Å². The molecule has 0 spiro atoms. The highest BCUT2D eigenvalue weighted by molar-refractivity contribution is 6.30. The molecule has 0 aromatic heterocycles. The SMILES string of the molecule is O=C(Nc1ccc(Cl)cc1)N1CCCOC1. The first kappa shape index (κ1) is 11.2. The number of amides is 2. The summed E-state index contributed by atoms with van der Waals surface area (Å²) in [6.07, 6.45) is 0.883. The minimum Gasteiger partial charge on any atom is -0.361 e. The van der Waals surface area contributed by atoms with Crippen molar-refractivity contribution < 1.29 is 9.53 Å². The van der Waals surface area contributed by atoms with E-state index in [1.807, 2.05) is 0 Å². The van der Waals surface area contributed by atoms with Gasteiger partial charge in [-0.2, -0.15) is 0 Å². The van der Waals surface area contributed by atoms with E-state index in [0.29, 0.717) is 11.8 Å². The van der Waals surface area contributed by atoms with Crippen molar-refractivity contribution in [2.24, 2.45) is 0 Å². The zero-order chi connectivity index (χ0) is 11.4. The molecule has 0 aliphatic carbocycles. The van der Waals surface area contributed by atoms with Crippen LogP contribution >= 0.6 is 11.6 Å². The number of carbonyl (C=O) groups is 1. The molecule has 4 nitrogen and oxygen atoms in total. The minimum absolute atomic E-state index is 0.137. The van der Waals surface area contributed by atoms with E-state index in [1.54, 1.807) is 29.2 Å². The van der Waals surface area contributed by atoms with Crippen LogP contribution in [0.15, 0.2) is 24.3 Å². The molecule has 2 amide bonds. The maximum absolute atomic E-state index is 11.8. The Kier molecular flexibility index (Phi) is 3.64. The van der Waals surface area contributed by atoms with Crippen molar-refractivity contribution in [1.82, 2.24) is 4.90 Å². The Balaban J connectivity index is 1.93. The number of benzene rings is 1. The lowest BCUT2D eigenvalue weighted by atomic mass is 10.3. The third-order valence-electron chi connectivity index (χ3n) is 2.35. The van der Waals surface area contributed by atoms with Crippen LogP contribution in [-0.2, 0) is 4.74 Å². The summed E-state index contributed by atoms with van der Waals surface area (Å²) in [5, 5.41) is 3.44. The Morgan fingerprint density at radius 2 is 2.12 bits per heavy atom. The second kappa shape index (κ2) is 5.18. The largest absolute Gasteiger partial charge is 0.361 e. The van der Waals surface area contributed by atoms with E-state index in [4.69, 9.17) is 16.3 Å². The number of anilines is 1. The molecule has 1 aliphatic rings. The number of hydrogen-bond acceptors (Lipinski definition) is 2. The molecule has 0 unspecified atom stereocenters. The van der Waals surface area contributed by atoms with Gasteiger partial charge in [-0.05, 0) is 30.7 Å². The Labute approximate surface area is 99.1 Å². The molecule has 0 bridgehead atoms. The fourth-order valence-electron chi connectivity index (χ4n) is 1.49. The molecule has 1 aliphatic heterocycles. The summed E-state index contributed by atoms with van der Waals surface area (Å²) in [4.78, 5) is 13.4. The van der Waals surface area contributed by atoms with Gasteiger partial charge in [0.2, 0.25) is 0 Å². The fourth-order valence-corrected chi connectivity index (χ4v) is 1.62. The van der Waals surface area contributed by atoms with Gasteiger partial charge in [-0.25, -0.2) is 4.79 Å².